The summed E-state index contributed by atoms with van der Waals surface area (Å²) in [6.07, 6.45) is -0.227. The molecule has 0 aliphatic carbocycles. The third-order valence-electron chi connectivity index (χ3n) is 3.65. The molecule has 2 aromatic rings. The van der Waals surface area contributed by atoms with Gasteiger partial charge >= 0.3 is 0 Å². The van der Waals surface area contributed by atoms with Crippen LogP contribution < -0.4 is 20.6 Å². The summed E-state index contributed by atoms with van der Waals surface area (Å²) in [6, 6.07) is 15.1. The van der Waals surface area contributed by atoms with Gasteiger partial charge in [-0.1, -0.05) is 30.3 Å². The standard InChI is InChI=1S/C19H21N3O3S/c1-13(15-8-9-17(25-2)16(10-15)11-18(23)24)21-22-19(26)20-12-14-6-4-3-5-7-14/h3-10H,11-12H2,1-2H3,(H,23,24)(H2,20,22,26)/p-1/b21-13-. The van der Waals surface area contributed by atoms with E-state index in [4.69, 9.17) is 17.0 Å². The molecule has 7 heteroatoms. The molecule has 26 heavy (non-hydrogen) atoms. The van der Waals surface area contributed by atoms with Crippen LogP contribution in [0.1, 0.15) is 23.6 Å². The molecule has 0 saturated heterocycles. The molecule has 6 nitrogen and oxygen atoms in total. The van der Waals surface area contributed by atoms with Crippen LogP contribution in [0.5, 0.6) is 5.75 Å². The number of carboxylic acid groups (broad SMARTS) is 1. The smallest absolute Gasteiger partial charge is 0.187 e. The zero-order valence-electron chi connectivity index (χ0n) is 14.6. The topological polar surface area (TPSA) is 85.8 Å². The van der Waals surface area contributed by atoms with Crippen molar-refractivity contribution in [2.24, 2.45) is 5.10 Å². The van der Waals surface area contributed by atoms with Crippen molar-refractivity contribution >= 4 is 29.0 Å². The van der Waals surface area contributed by atoms with Crippen molar-refractivity contribution in [1.82, 2.24) is 10.7 Å². The van der Waals surface area contributed by atoms with Crippen LogP contribution in [-0.2, 0) is 17.8 Å². The minimum Gasteiger partial charge on any atom is -0.550 e. The molecule has 0 saturated carbocycles. The molecule has 0 radical (unpaired) electrons. The van der Waals surface area contributed by atoms with Crippen LogP contribution in [0.3, 0.4) is 0 Å². The first-order valence-electron chi connectivity index (χ1n) is 7.98. The molecule has 0 aromatic heterocycles. The summed E-state index contributed by atoms with van der Waals surface area (Å²) < 4.78 is 5.18. The van der Waals surface area contributed by atoms with Crippen molar-refractivity contribution < 1.29 is 14.6 Å². The lowest BCUT2D eigenvalue weighted by molar-refractivity contribution is -0.304. The van der Waals surface area contributed by atoms with Crippen LogP contribution >= 0.6 is 12.2 Å². The average molecular weight is 370 g/mol. The highest BCUT2D eigenvalue weighted by atomic mass is 32.1. The van der Waals surface area contributed by atoms with E-state index >= 15 is 0 Å². The second kappa shape index (κ2) is 9.53. The van der Waals surface area contributed by atoms with E-state index in [0.29, 0.717) is 28.7 Å². The van der Waals surface area contributed by atoms with Gasteiger partial charge in [-0.3, -0.25) is 5.43 Å². The molecule has 2 rings (SSSR count). The lowest BCUT2D eigenvalue weighted by Gasteiger charge is -2.12. The summed E-state index contributed by atoms with van der Waals surface area (Å²) in [5.41, 5.74) is 5.86. The molecule has 0 atom stereocenters. The highest BCUT2D eigenvalue weighted by molar-refractivity contribution is 7.80. The number of nitrogens with zero attached hydrogens (tertiary/aromatic N) is 1. The number of carbonyl (C=O) groups is 1. The molecule has 0 aliphatic rings. The lowest BCUT2D eigenvalue weighted by Crippen LogP contribution is -2.32. The van der Waals surface area contributed by atoms with Crippen LogP contribution in [0, 0.1) is 0 Å². The maximum atomic E-state index is 10.9. The maximum absolute atomic E-state index is 10.9. The van der Waals surface area contributed by atoms with Crippen molar-refractivity contribution in [3.8, 4) is 5.75 Å². The van der Waals surface area contributed by atoms with Crippen LogP contribution in [0.2, 0.25) is 0 Å². The fraction of sp³-hybridized carbons (Fsp3) is 0.211. The van der Waals surface area contributed by atoms with Gasteiger partial charge in [-0.25, -0.2) is 0 Å². The van der Waals surface area contributed by atoms with Gasteiger partial charge < -0.3 is 20.0 Å². The quantitative estimate of drug-likeness (QED) is 0.435. The first kappa shape index (κ1) is 19.4. The Hall–Kier alpha value is -2.93. The summed E-state index contributed by atoms with van der Waals surface area (Å²) in [7, 11) is 1.49. The number of aliphatic carboxylic acids is 1. The van der Waals surface area contributed by atoms with Gasteiger partial charge in [-0.05, 0) is 48.5 Å². The van der Waals surface area contributed by atoms with Crippen molar-refractivity contribution in [2.45, 2.75) is 19.9 Å². The van der Waals surface area contributed by atoms with E-state index in [9.17, 15) is 9.90 Å². The lowest BCUT2D eigenvalue weighted by atomic mass is 10.0. The Balaban J connectivity index is 1.99. The minimum absolute atomic E-state index is 0.227. The molecular formula is C19H20N3O3S-. The second-order valence-electron chi connectivity index (χ2n) is 5.55. The molecule has 0 bridgehead atoms. The van der Waals surface area contributed by atoms with Gasteiger partial charge in [-0.15, -0.1) is 0 Å². The number of hydrazone groups is 1. The predicted molar refractivity (Wildman–Crippen MR) is 103 cm³/mol. The van der Waals surface area contributed by atoms with E-state index in [1.165, 1.54) is 7.11 Å². The summed E-state index contributed by atoms with van der Waals surface area (Å²) in [5, 5.41) is 18.6. The minimum atomic E-state index is -1.17. The van der Waals surface area contributed by atoms with Crippen LogP contribution in [0.15, 0.2) is 53.6 Å². The SMILES string of the molecule is COc1ccc(/C(C)=N\NC(=S)NCc2ccccc2)cc1CC(=O)[O-]. The Morgan fingerprint density at radius 2 is 1.96 bits per heavy atom. The van der Waals surface area contributed by atoms with Crippen LogP contribution in [0.25, 0.3) is 0 Å². The summed E-state index contributed by atoms with van der Waals surface area (Å²) in [6.45, 7) is 2.40. The Bertz CT molecular complexity index is 807. The number of benzene rings is 2. The van der Waals surface area contributed by atoms with Gasteiger partial charge in [0, 0.05) is 24.5 Å². The number of hydrogen-bond acceptors (Lipinski definition) is 5. The van der Waals surface area contributed by atoms with Gasteiger partial charge in [-0.2, -0.15) is 5.10 Å². The van der Waals surface area contributed by atoms with Crippen molar-refractivity contribution in [3.05, 3.63) is 65.2 Å². The Kier molecular flexibility index (Phi) is 7.11. The largest absolute Gasteiger partial charge is 0.550 e. The van der Waals surface area contributed by atoms with E-state index in [0.717, 1.165) is 11.1 Å². The number of hydrogen-bond donors (Lipinski definition) is 2. The molecule has 136 valence electrons. The molecule has 0 aliphatic heterocycles. The van der Waals surface area contributed by atoms with Crippen molar-refractivity contribution in [1.29, 1.82) is 0 Å². The van der Waals surface area contributed by atoms with E-state index < -0.39 is 5.97 Å². The number of nitrogens with one attached hydrogen (secondary N) is 2. The Morgan fingerprint density at radius 3 is 2.62 bits per heavy atom. The van der Waals surface area contributed by atoms with Gasteiger partial charge in [0.2, 0.25) is 0 Å². The highest BCUT2D eigenvalue weighted by Crippen LogP contribution is 2.20. The molecule has 2 N–H and O–H groups in total. The predicted octanol–water partition coefficient (Wildman–Crippen LogP) is 1.38. The number of methoxy groups -OCH3 is 1. The fourth-order valence-corrected chi connectivity index (χ4v) is 2.43. The van der Waals surface area contributed by atoms with Gasteiger partial charge in [0.25, 0.3) is 0 Å². The van der Waals surface area contributed by atoms with Gasteiger partial charge in [0.05, 0.1) is 12.8 Å². The van der Waals surface area contributed by atoms with E-state index in [2.05, 4.69) is 15.8 Å². The van der Waals surface area contributed by atoms with Crippen LogP contribution in [0.4, 0.5) is 0 Å². The second-order valence-corrected chi connectivity index (χ2v) is 5.96. The summed E-state index contributed by atoms with van der Waals surface area (Å²) in [5.74, 6) is -0.668. The molecular weight excluding hydrogens is 350 g/mol. The first-order chi connectivity index (χ1) is 12.5. The number of carboxylic acids is 1. The first-order valence-corrected chi connectivity index (χ1v) is 8.39. The molecule has 0 amide bonds. The average Bonchev–Trinajstić information content (AvgIpc) is 2.64. The molecule has 0 heterocycles. The number of ether oxygens (including phenoxy) is 1. The Morgan fingerprint density at radius 1 is 1.23 bits per heavy atom. The van der Waals surface area contributed by atoms with Gasteiger partial charge in [0.15, 0.2) is 5.11 Å². The molecule has 2 aromatic carbocycles. The van der Waals surface area contributed by atoms with Crippen LogP contribution in [-0.4, -0.2) is 23.9 Å². The molecule has 0 fully saturated rings. The summed E-state index contributed by atoms with van der Waals surface area (Å²) >= 11 is 5.21. The number of thiocarbonyl (C=S) groups is 1. The molecule has 0 unspecified atom stereocenters. The maximum Gasteiger partial charge on any atom is 0.187 e. The fourth-order valence-electron chi connectivity index (χ4n) is 2.31. The van der Waals surface area contributed by atoms with Gasteiger partial charge in [0.1, 0.15) is 5.75 Å². The molecule has 0 spiro atoms. The van der Waals surface area contributed by atoms with E-state index in [1.54, 1.807) is 25.1 Å². The normalized spacial score (nSPS) is 10.9. The zero-order chi connectivity index (χ0) is 18.9. The monoisotopic (exact) mass is 370 g/mol. The number of rotatable bonds is 7. The third kappa shape index (κ3) is 5.86. The third-order valence-corrected chi connectivity index (χ3v) is 3.89. The van der Waals surface area contributed by atoms with E-state index in [1.807, 2.05) is 30.3 Å². The Labute approximate surface area is 157 Å². The highest BCUT2D eigenvalue weighted by Gasteiger charge is 2.07. The summed E-state index contributed by atoms with van der Waals surface area (Å²) in [4.78, 5) is 10.9. The van der Waals surface area contributed by atoms with Crippen molar-refractivity contribution in [2.75, 3.05) is 7.11 Å². The zero-order valence-corrected chi connectivity index (χ0v) is 15.4. The number of carbonyl (C=O) groups excluding carboxylic acids is 1. The van der Waals surface area contributed by atoms with E-state index in [-0.39, 0.29) is 6.42 Å². The van der Waals surface area contributed by atoms with Crippen molar-refractivity contribution in [3.63, 3.8) is 0 Å².